The van der Waals surface area contributed by atoms with E-state index in [0.717, 1.165) is 22.6 Å². The number of para-hydroxylation sites is 1. The van der Waals surface area contributed by atoms with Crippen molar-refractivity contribution in [1.29, 1.82) is 5.26 Å². The molecule has 0 amide bonds. The van der Waals surface area contributed by atoms with Crippen molar-refractivity contribution in [3.8, 4) is 11.8 Å². The van der Waals surface area contributed by atoms with Gasteiger partial charge in [-0.3, -0.25) is 0 Å². The lowest BCUT2D eigenvalue weighted by Crippen LogP contribution is -1.99. The summed E-state index contributed by atoms with van der Waals surface area (Å²) in [4.78, 5) is 0. The molecule has 25 heavy (non-hydrogen) atoms. The summed E-state index contributed by atoms with van der Waals surface area (Å²) in [6.07, 6.45) is 1.78. The van der Waals surface area contributed by atoms with Crippen molar-refractivity contribution >= 4 is 23.3 Å². The Morgan fingerprint density at radius 3 is 2.56 bits per heavy atom. The van der Waals surface area contributed by atoms with Crippen LogP contribution >= 0.6 is 11.6 Å². The van der Waals surface area contributed by atoms with Gasteiger partial charge in [0.2, 0.25) is 0 Å². The normalized spacial score (nSPS) is 11.4. The predicted molar refractivity (Wildman–Crippen MR) is 100 cm³/mol. The van der Waals surface area contributed by atoms with Gasteiger partial charge in [0.1, 0.15) is 5.82 Å². The third kappa shape index (κ3) is 3.35. The molecule has 0 aliphatic heterocycles. The average Bonchev–Trinajstić information content (AvgIpc) is 2.87. The molecule has 0 bridgehead atoms. The van der Waals surface area contributed by atoms with E-state index in [9.17, 15) is 9.65 Å². The van der Waals surface area contributed by atoms with Gasteiger partial charge in [0.05, 0.1) is 22.4 Å². The number of aromatic nitrogens is 1. The Hall–Kier alpha value is -2.83. The molecule has 1 aromatic heterocycles. The van der Waals surface area contributed by atoms with Gasteiger partial charge in [-0.1, -0.05) is 35.9 Å². The minimum atomic E-state index is -0.361. The maximum Gasteiger partial charge on any atom is 0.123 e. The number of allylic oxidation sites excluding steroid dienone is 1. The van der Waals surface area contributed by atoms with Gasteiger partial charge < -0.3 is 4.57 Å². The summed E-state index contributed by atoms with van der Waals surface area (Å²) < 4.78 is 15.5. The number of aryl methyl sites for hydroxylation is 1. The van der Waals surface area contributed by atoms with Crippen LogP contribution in [0.25, 0.3) is 17.3 Å². The second-order valence-corrected chi connectivity index (χ2v) is 6.20. The van der Waals surface area contributed by atoms with Crippen LogP contribution in [0.5, 0.6) is 0 Å². The summed E-state index contributed by atoms with van der Waals surface area (Å²) in [6.45, 7) is 3.96. The summed E-state index contributed by atoms with van der Waals surface area (Å²) in [7, 11) is 0. The molecule has 0 aliphatic carbocycles. The van der Waals surface area contributed by atoms with Gasteiger partial charge in [-0.15, -0.1) is 0 Å². The van der Waals surface area contributed by atoms with Gasteiger partial charge in [0.25, 0.3) is 0 Å². The summed E-state index contributed by atoms with van der Waals surface area (Å²) in [6, 6.07) is 17.8. The highest BCUT2D eigenvalue weighted by Crippen LogP contribution is 2.28. The van der Waals surface area contributed by atoms with Crippen LogP contribution in [0.4, 0.5) is 4.39 Å². The van der Waals surface area contributed by atoms with Gasteiger partial charge in [-0.05, 0) is 61.4 Å². The number of nitrogens with zero attached hydrogens (tertiary/aromatic N) is 2. The van der Waals surface area contributed by atoms with E-state index in [2.05, 4.69) is 10.6 Å². The van der Waals surface area contributed by atoms with Crippen LogP contribution in [0.15, 0.2) is 54.6 Å². The molecule has 1 heterocycles. The van der Waals surface area contributed by atoms with E-state index in [1.165, 1.54) is 12.1 Å². The highest BCUT2D eigenvalue weighted by atomic mass is 35.5. The number of benzene rings is 2. The fourth-order valence-electron chi connectivity index (χ4n) is 2.93. The van der Waals surface area contributed by atoms with Gasteiger partial charge in [-0.2, -0.15) is 5.26 Å². The van der Waals surface area contributed by atoms with Crippen molar-refractivity contribution in [2.45, 2.75) is 13.8 Å². The first-order valence-electron chi connectivity index (χ1n) is 7.83. The molecule has 124 valence electrons. The molecule has 0 saturated heterocycles. The topological polar surface area (TPSA) is 28.7 Å². The molecule has 0 saturated carbocycles. The Morgan fingerprint density at radius 2 is 1.88 bits per heavy atom. The molecule has 2 aromatic carbocycles. The number of hydrogen-bond acceptors (Lipinski definition) is 1. The third-order valence-corrected chi connectivity index (χ3v) is 4.44. The van der Waals surface area contributed by atoms with Crippen LogP contribution in [0.1, 0.15) is 22.5 Å². The number of halogens is 2. The van der Waals surface area contributed by atoms with Crippen LogP contribution in [-0.2, 0) is 0 Å². The van der Waals surface area contributed by atoms with Crippen molar-refractivity contribution in [1.82, 2.24) is 4.57 Å². The number of rotatable bonds is 3. The third-order valence-electron chi connectivity index (χ3n) is 4.12. The highest BCUT2D eigenvalue weighted by molar-refractivity contribution is 6.32. The molecule has 3 rings (SSSR count). The summed E-state index contributed by atoms with van der Waals surface area (Å²) in [5.74, 6) is -0.361. The molecule has 4 heteroatoms. The Labute approximate surface area is 151 Å². The maximum atomic E-state index is 13.5. The van der Waals surface area contributed by atoms with Crippen LogP contribution in [0.3, 0.4) is 0 Å². The molecule has 2 nitrogen and oxygen atoms in total. The van der Waals surface area contributed by atoms with Crippen molar-refractivity contribution in [3.05, 3.63) is 88.0 Å². The summed E-state index contributed by atoms with van der Waals surface area (Å²) in [5, 5.41) is 10.1. The van der Waals surface area contributed by atoms with Crippen molar-refractivity contribution in [2.24, 2.45) is 0 Å². The van der Waals surface area contributed by atoms with Crippen LogP contribution in [0.2, 0.25) is 5.02 Å². The molecule has 3 aromatic rings. The largest absolute Gasteiger partial charge is 0.316 e. The number of nitriles is 1. The molecule has 0 N–H and O–H groups in total. The van der Waals surface area contributed by atoms with Crippen LogP contribution in [0, 0.1) is 31.0 Å². The zero-order valence-corrected chi connectivity index (χ0v) is 14.7. The zero-order chi connectivity index (χ0) is 18.0. The fourth-order valence-corrected chi connectivity index (χ4v) is 3.15. The van der Waals surface area contributed by atoms with E-state index in [0.29, 0.717) is 16.2 Å². The van der Waals surface area contributed by atoms with E-state index < -0.39 is 0 Å². The second-order valence-electron chi connectivity index (χ2n) is 5.79. The number of hydrogen-bond donors (Lipinski definition) is 0. The van der Waals surface area contributed by atoms with Gasteiger partial charge in [0, 0.05) is 11.4 Å². The standard InChI is InChI=1S/C21H16ClFN2/c1-14-10-17(11-18(13-24)16-6-5-7-19(23)12-16)15(2)25(14)21-9-4-3-8-20(21)22/h3-12H,1-2H3/b18-11-. The first-order valence-corrected chi connectivity index (χ1v) is 8.20. The van der Waals surface area contributed by atoms with Crippen molar-refractivity contribution in [2.75, 3.05) is 0 Å². The van der Waals surface area contributed by atoms with E-state index in [1.807, 2.05) is 44.2 Å². The summed E-state index contributed by atoms with van der Waals surface area (Å²) in [5.41, 5.74) is 4.74. The molecular weight excluding hydrogens is 335 g/mol. The quantitative estimate of drug-likeness (QED) is 0.536. The molecule has 0 spiro atoms. The predicted octanol–water partition coefficient (Wildman–Crippen LogP) is 5.95. The lowest BCUT2D eigenvalue weighted by molar-refractivity contribution is 0.627. The van der Waals surface area contributed by atoms with Crippen molar-refractivity contribution < 1.29 is 4.39 Å². The SMILES string of the molecule is Cc1cc(/C=C(/C#N)c2cccc(F)c2)c(C)n1-c1ccccc1Cl. The Kier molecular flexibility index (Phi) is 4.74. The van der Waals surface area contributed by atoms with Crippen molar-refractivity contribution in [3.63, 3.8) is 0 Å². The first kappa shape index (κ1) is 17.0. The molecule has 0 atom stereocenters. The minimum Gasteiger partial charge on any atom is -0.316 e. The molecule has 0 aliphatic rings. The monoisotopic (exact) mass is 350 g/mol. The molecule has 0 radical (unpaired) electrons. The van der Waals surface area contributed by atoms with Gasteiger partial charge in [-0.25, -0.2) is 4.39 Å². The average molecular weight is 351 g/mol. The summed E-state index contributed by atoms with van der Waals surface area (Å²) >= 11 is 6.33. The van der Waals surface area contributed by atoms with Gasteiger partial charge in [0.15, 0.2) is 0 Å². The van der Waals surface area contributed by atoms with E-state index in [1.54, 1.807) is 18.2 Å². The lowest BCUT2D eigenvalue weighted by Gasteiger charge is -2.11. The highest BCUT2D eigenvalue weighted by Gasteiger charge is 2.13. The molecule has 0 fully saturated rings. The molecular formula is C21H16ClFN2. The van der Waals surface area contributed by atoms with Gasteiger partial charge >= 0.3 is 0 Å². The molecule has 0 unspecified atom stereocenters. The van der Waals surface area contributed by atoms with E-state index in [-0.39, 0.29) is 5.82 Å². The Morgan fingerprint density at radius 1 is 1.12 bits per heavy atom. The fraction of sp³-hybridized carbons (Fsp3) is 0.0952. The Balaban J connectivity index is 2.12. The van der Waals surface area contributed by atoms with E-state index >= 15 is 0 Å². The zero-order valence-electron chi connectivity index (χ0n) is 13.9. The van der Waals surface area contributed by atoms with Crippen LogP contribution < -0.4 is 0 Å². The lowest BCUT2D eigenvalue weighted by atomic mass is 10.0. The van der Waals surface area contributed by atoms with E-state index in [4.69, 9.17) is 11.6 Å². The smallest absolute Gasteiger partial charge is 0.123 e. The maximum absolute atomic E-state index is 13.5. The van der Waals surface area contributed by atoms with Crippen LogP contribution in [-0.4, -0.2) is 4.57 Å². The Bertz CT molecular complexity index is 1010. The first-order chi connectivity index (χ1) is 12.0. The minimum absolute atomic E-state index is 0.361. The second kappa shape index (κ2) is 6.96.